The molecule has 2 heterocycles. The Morgan fingerprint density at radius 1 is 1.03 bits per heavy atom. The molecule has 2 bridgehead atoms. The number of ether oxygens (including phenoxy) is 1. The summed E-state index contributed by atoms with van der Waals surface area (Å²) in [7, 11) is -2.22. The van der Waals surface area contributed by atoms with Crippen LogP contribution in [-0.2, 0) is 16.0 Å². The monoisotopic (exact) mass is 468 g/mol. The Morgan fingerprint density at radius 3 is 2.19 bits per heavy atom. The van der Waals surface area contributed by atoms with Crippen LogP contribution in [0.3, 0.4) is 0 Å². The summed E-state index contributed by atoms with van der Waals surface area (Å²) in [5.74, 6) is 0.294. The predicted molar refractivity (Wildman–Crippen MR) is 112 cm³/mol. The molecule has 2 aliphatic rings. The van der Waals surface area contributed by atoms with Gasteiger partial charge in [-0.15, -0.1) is 0 Å². The van der Waals surface area contributed by atoms with Gasteiger partial charge in [-0.1, -0.05) is 12.1 Å². The smallest absolute Gasteiger partial charge is 0.416 e. The second-order valence-electron chi connectivity index (χ2n) is 8.09. The van der Waals surface area contributed by atoms with Crippen LogP contribution in [0.25, 0.3) is 0 Å². The molecule has 2 aromatic carbocycles. The Balaban J connectivity index is 1.48. The van der Waals surface area contributed by atoms with Crippen LogP contribution in [0.2, 0.25) is 0 Å². The van der Waals surface area contributed by atoms with E-state index in [1.54, 1.807) is 23.1 Å². The Kier molecular flexibility index (Phi) is 5.83. The van der Waals surface area contributed by atoms with Crippen molar-refractivity contribution in [3.8, 4) is 5.75 Å². The van der Waals surface area contributed by atoms with Crippen molar-refractivity contribution < 1.29 is 31.1 Å². The standard InChI is InChI=1S/C22H23F3N2O4S/c1-31-19-4-2-3-5-20(19)32(29,30)18-12-16-10-11-17(13-18)27(16)21(28)26-15-8-6-14(7-9-15)22(23,24)25/h2-9,16-18H,10-13H2,1H3,(H,26,28)/t16-,17+,18?. The molecule has 10 heteroatoms. The highest BCUT2D eigenvalue weighted by Crippen LogP contribution is 2.41. The van der Waals surface area contributed by atoms with Crippen LogP contribution >= 0.6 is 0 Å². The molecule has 0 radical (unpaired) electrons. The van der Waals surface area contributed by atoms with Crippen molar-refractivity contribution in [2.45, 2.75) is 54.1 Å². The number of rotatable bonds is 4. The van der Waals surface area contributed by atoms with E-state index in [4.69, 9.17) is 4.74 Å². The quantitative estimate of drug-likeness (QED) is 0.705. The van der Waals surface area contributed by atoms with Crippen molar-refractivity contribution in [1.82, 2.24) is 4.90 Å². The van der Waals surface area contributed by atoms with E-state index in [1.807, 2.05) is 0 Å². The van der Waals surface area contributed by atoms with E-state index in [1.165, 1.54) is 25.3 Å². The van der Waals surface area contributed by atoms with Gasteiger partial charge in [-0.2, -0.15) is 13.2 Å². The number of methoxy groups -OCH3 is 1. The highest BCUT2D eigenvalue weighted by atomic mass is 32.2. The highest BCUT2D eigenvalue weighted by molar-refractivity contribution is 7.92. The van der Waals surface area contributed by atoms with Crippen LogP contribution in [0.4, 0.5) is 23.7 Å². The first-order valence-electron chi connectivity index (χ1n) is 10.2. The van der Waals surface area contributed by atoms with E-state index in [0.29, 0.717) is 31.4 Å². The number of benzene rings is 2. The van der Waals surface area contributed by atoms with Gasteiger partial charge in [-0.3, -0.25) is 0 Å². The molecule has 0 spiro atoms. The first-order chi connectivity index (χ1) is 15.1. The fraction of sp³-hybridized carbons (Fsp3) is 0.409. The van der Waals surface area contributed by atoms with Crippen molar-refractivity contribution in [2.24, 2.45) is 0 Å². The molecule has 0 saturated carbocycles. The van der Waals surface area contributed by atoms with Crippen molar-refractivity contribution in [2.75, 3.05) is 12.4 Å². The number of hydrogen-bond donors (Lipinski definition) is 1. The number of nitrogens with zero attached hydrogens (tertiary/aromatic N) is 1. The van der Waals surface area contributed by atoms with Crippen molar-refractivity contribution in [3.05, 3.63) is 54.1 Å². The fourth-order valence-corrected chi connectivity index (χ4v) is 6.69. The van der Waals surface area contributed by atoms with Crippen molar-refractivity contribution in [3.63, 3.8) is 0 Å². The third-order valence-corrected chi connectivity index (χ3v) is 8.42. The molecule has 2 aliphatic heterocycles. The summed E-state index contributed by atoms with van der Waals surface area (Å²) in [6.45, 7) is 0. The van der Waals surface area contributed by atoms with Gasteiger partial charge in [0.15, 0.2) is 9.84 Å². The lowest BCUT2D eigenvalue weighted by Crippen LogP contribution is -2.51. The van der Waals surface area contributed by atoms with Crippen LogP contribution in [0, 0.1) is 0 Å². The second kappa shape index (κ2) is 8.31. The SMILES string of the molecule is COc1ccccc1S(=O)(=O)C1C[C@H]2CC[C@@H](C1)N2C(=O)Nc1ccc(C(F)(F)F)cc1. The summed E-state index contributed by atoms with van der Waals surface area (Å²) in [6.07, 6.45) is -2.48. The number of halogens is 3. The average Bonchev–Trinajstić information content (AvgIpc) is 3.02. The zero-order valence-electron chi connectivity index (χ0n) is 17.3. The van der Waals surface area contributed by atoms with Gasteiger partial charge in [0, 0.05) is 17.8 Å². The number of nitrogens with one attached hydrogen (secondary N) is 1. The maximum Gasteiger partial charge on any atom is 0.416 e. The molecule has 1 N–H and O–H groups in total. The summed E-state index contributed by atoms with van der Waals surface area (Å²) >= 11 is 0. The third-order valence-electron chi connectivity index (χ3n) is 6.20. The minimum absolute atomic E-state index is 0.148. The van der Waals surface area contributed by atoms with E-state index in [2.05, 4.69) is 5.32 Å². The number of amides is 2. The first-order valence-corrected chi connectivity index (χ1v) is 11.8. The number of carbonyl (C=O) groups is 1. The maximum atomic E-state index is 13.3. The lowest BCUT2D eigenvalue weighted by Gasteiger charge is -2.38. The number of anilines is 1. The number of carbonyl (C=O) groups excluding carboxylic acids is 1. The van der Waals surface area contributed by atoms with E-state index >= 15 is 0 Å². The summed E-state index contributed by atoms with van der Waals surface area (Å²) in [6, 6.07) is 9.80. The Bertz CT molecular complexity index is 1090. The van der Waals surface area contributed by atoms with Gasteiger partial charge >= 0.3 is 12.2 Å². The van der Waals surface area contributed by atoms with Crippen LogP contribution in [0.1, 0.15) is 31.2 Å². The zero-order valence-corrected chi connectivity index (χ0v) is 18.1. The van der Waals surface area contributed by atoms with Crippen LogP contribution in [-0.4, -0.2) is 43.8 Å². The molecule has 3 atom stereocenters. The number of piperidine rings is 1. The molecule has 172 valence electrons. The molecule has 0 aromatic heterocycles. The van der Waals surface area contributed by atoms with E-state index in [-0.39, 0.29) is 22.7 Å². The maximum absolute atomic E-state index is 13.3. The van der Waals surface area contributed by atoms with Gasteiger partial charge < -0.3 is 15.0 Å². The van der Waals surface area contributed by atoms with Gasteiger partial charge in [0.2, 0.25) is 0 Å². The molecule has 4 rings (SSSR count). The zero-order chi connectivity index (χ0) is 23.1. The number of urea groups is 1. The van der Waals surface area contributed by atoms with Crippen LogP contribution in [0.5, 0.6) is 5.75 Å². The molecule has 0 aliphatic carbocycles. The largest absolute Gasteiger partial charge is 0.495 e. The summed E-state index contributed by atoms with van der Waals surface area (Å²) < 4.78 is 70.0. The Hall–Kier alpha value is -2.75. The number of para-hydroxylation sites is 1. The summed E-state index contributed by atoms with van der Waals surface area (Å²) in [5, 5.41) is 2.01. The predicted octanol–water partition coefficient (Wildman–Crippen LogP) is 4.72. The number of sulfone groups is 1. The van der Waals surface area contributed by atoms with E-state index < -0.39 is 32.9 Å². The van der Waals surface area contributed by atoms with Crippen LogP contribution < -0.4 is 10.1 Å². The van der Waals surface area contributed by atoms with Crippen LogP contribution in [0.15, 0.2) is 53.4 Å². The third kappa shape index (κ3) is 4.15. The van der Waals surface area contributed by atoms with Crippen molar-refractivity contribution >= 4 is 21.6 Å². The average molecular weight is 468 g/mol. The molecular formula is C22H23F3N2O4S. The van der Waals surface area contributed by atoms with Gasteiger partial charge in [0.1, 0.15) is 10.6 Å². The van der Waals surface area contributed by atoms with E-state index in [9.17, 15) is 26.4 Å². The van der Waals surface area contributed by atoms with Gasteiger partial charge in [-0.25, -0.2) is 13.2 Å². The lowest BCUT2D eigenvalue weighted by atomic mass is 10.0. The van der Waals surface area contributed by atoms with Gasteiger partial charge in [0.05, 0.1) is 17.9 Å². The lowest BCUT2D eigenvalue weighted by molar-refractivity contribution is -0.137. The first kappa shape index (κ1) is 22.4. The number of fused-ring (bicyclic) bond motifs is 2. The molecule has 32 heavy (non-hydrogen) atoms. The molecule has 2 saturated heterocycles. The van der Waals surface area contributed by atoms with E-state index in [0.717, 1.165) is 12.1 Å². The Morgan fingerprint density at radius 2 is 1.62 bits per heavy atom. The molecule has 6 nitrogen and oxygen atoms in total. The fourth-order valence-electron chi connectivity index (χ4n) is 4.68. The molecule has 2 amide bonds. The van der Waals surface area contributed by atoms with Gasteiger partial charge in [-0.05, 0) is 62.1 Å². The molecule has 2 aromatic rings. The topological polar surface area (TPSA) is 75.7 Å². The highest BCUT2D eigenvalue weighted by Gasteiger charge is 2.47. The number of hydrogen-bond acceptors (Lipinski definition) is 4. The summed E-state index contributed by atoms with van der Waals surface area (Å²) in [4.78, 5) is 14.7. The Labute approximate surface area is 184 Å². The normalized spacial score (nSPS) is 23.1. The second-order valence-corrected chi connectivity index (χ2v) is 10.3. The molecule has 2 fully saturated rings. The molecular weight excluding hydrogens is 445 g/mol. The van der Waals surface area contributed by atoms with Crippen molar-refractivity contribution in [1.29, 1.82) is 0 Å². The van der Waals surface area contributed by atoms with Gasteiger partial charge in [0.25, 0.3) is 0 Å². The number of alkyl halides is 3. The molecule has 1 unspecified atom stereocenters. The summed E-state index contributed by atoms with van der Waals surface area (Å²) in [5.41, 5.74) is -0.538. The minimum atomic E-state index is -4.45. The minimum Gasteiger partial charge on any atom is -0.495 e.